The van der Waals surface area contributed by atoms with Gasteiger partial charge in [-0.25, -0.2) is 9.18 Å². The summed E-state index contributed by atoms with van der Waals surface area (Å²) in [6, 6.07) is 6.40. The monoisotopic (exact) mass is 505 g/mol. The number of esters is 1. The van der Waals surface area contributed by atoms with Crippen LogP contribution in [0.4, 0.5) is 23.2 Å². The number of ether oxygens (including phenoxy) is 1. The fourth-order valence-corrected chi connectivity index (χ4v) is 4.17. The number of nitrogens with one attached hydrogen (secondary N) is 1. The quantitative estimate of drug-likeness (QED) is 0.323. The van der Waals surface area contributed by atoms with E-state index in [1.54, 1.807) is 0 Å². The minimum atomic E-state index is -4.70. The van der Waals surface area contributed by atoms with Crippen LogP contribution < -0.4 is 5.32 Å². The number of halogens is 4. The summed E-state index contributed by atoms with van der Waals surface area (Å²) in [6.45, 7) is 2.67. The largest absolute Gasteiger partial charge is 0.457 e. The van der Waals surface area contributed by atoms with Crippen LogP contribution in [0.15, 0.2) is 36.4 Å². The van der Waals surface area contributed by atoms with E-state index in [1.165, 1.54) is 32.0 Å². The lowest BCUT2D eigenvalue weighted by Gasteiger charge is -2.28. The van der Waals surface area contributed by atoms with Gasteiger partial charge in [-0.15, -0.1) is 0 Å². The Hall–Kier alpha value is -3.42. The van der Waals surface area contributed by atoms with Gasteiger partial charge in [0.2, 0.25) is 5.60 Å². The van der Waals surface area contributed by atoms with Crippen LogP contribution in [0, 0.1) is 17.7 Å². The maximum atomic E-state index is 14.7. The number of fused-ring (bicyclic) bond motifs is 1. The van der Waals surface area contributed by atoms with Gasteiger partial charge >= 0.3 is 12.1 Å². The third-order valence-electron chi connectivity index (χ3n) is 6.21. The van der Waals surface area contributed by atoms with Gasteiger partial charge < -0.3 is 20.3 Å². The molecule has 0 radical (unpaired) electrons. The number of hydrogen-bond acceptors (Lipinski definition) is 5. The number of alkyl halides is 3. The molecule has 0 saturated heterocycles. The molecular formula is C26H23F4NO5. The van der Waals surface area contributed by atoms with Crippen LogP contribution in [0.25, 0.3) is 0 Å². The van der Waals surface area contributed by atoms with Crippen LogP contribution >= 0.6 is 0 Å². The van der Waals surface area contributed by atoms with E-state index < -0.39 is 52.5 Å². The van der Waals surface area contributed by atoms with Gasteiger partial charge in [0.15, 0.2) is 0 Å². The predicted molar refractivity (Wildman–Crippen MR) is 120 cm³/mol. The summed E-state index contributed by atoms with van der Waals surface area (Å²) in [5.41, 5.74) is -5.58. The van der Waals surface area contributed by atoms with Crippen LogP contribution in [0.5, 0.6) is 0 Å². The second kappa shape index (κ2) is 8.61. The van der Waals surface area contributed by atoms with E-state index in [9.17, 15) is 37.4 Å². The highest BCUT2D eigenvalue weighted by Crippen LogP contribution is 2.55. The standard InChI is InChI=1S/C26H23F4NO5/c1-23(2,34)7-10-25(35,22(33)31-17-4-5-18-15(11-17)13-36-21(18)32)14-24(8-9-24)19-12-16(26(28,29)30)3-6-20(19)27/h3-6,11-12,34-35H,8-9,13-14H2,1-2H3,(H,31,33). The Morgan fingerprint density at radius 1 is 1.11 bits per heavy atom. The molecule has 1 amide bonds. The second-order valence-electron chi connectivity index (χ2n) is 9.72. The van der Waals surface area contributed by atoms with E-state index in [2.05, 4.69) is 17.2 Å². The number of anilines is 1. The van der Waals surface area contributed by atoms with Gasteiger partial charge in [-0.3, -0.25) is 4.79 Å². The molecule has 0 bridgehead atoms. The van der Waals surface area contributed by atoms with Crippen molar-refractivity contribution in [2.45, 2.75) is 62.5 Å². The number of benzene rings is 2. The van der Waals surface area contributed by atoms with E-state index in [-0.39, 0.29) is 30.7 Å². The number of cyclic esters (lactones) is 1. The Morgan fingerprint density at radius 2 is 1.81 bits per heavy atom. The Morgan fingerprint density at radius 3 is 2.42 bits per heavy atom. The first-order valence-corrected chi connectivity index (χ1v) is 11.1. The predicted octanol–water partition coefficient (Wildman–Crippen LogP) is 4.08. The van der Waals surface area contributed by atoms with Crippen LogP contribution in [0.2, 0.25) is 0 Å². The third kappa shape index (κ3) is 5.22. The zero-order valence-corrected chi connectivity index (χ0v) is 19.4. The van der Waals surface area contributed by atoms with Gasteiger partial charge in [-0.05, 0) is 68.7 Å². The number of hydrogen-bond donors (Lipinski definition) is 3. The summed E-state index contributed by atoms with van der Waals surface area (Å²) in [5.74, 6) is 2.35. The Kier molecular flexibility index (Phi) is 6.14. The molecule has 0 aromatic heterocycles. The van der Waals surface area contributed by atoms with Gasteiger partial charge in [0, 0.05) is 23.1 Å². The van der Waals surface area contributed by atoms with Gasteiger partial charge in [0.05, 0.1) is 11.1 Å². The first-order valence-electron chi connectivity index (χ1n) is 11.1. The minimum absolute atomic E-state index is 0.0125. The average molecular weight is 505 g/mol. The van der Waals surface area contributed by atoms with Crippen LogP contribution in [0.1, 0.15) is 60.2 Å². The molecule has 1 fully saturated rings. The molecule has 2 aromatic rings. The molecule has 1 unspecified atom stereocenters. The van der Waals surface area contributed by atoms with Gasteiger partial charge in [0.25, 0.3) is 5.91 Å². The summed E-state index contributed by atoms with van der Waals surface area (Å²) < 4.78 is 59.4. The molecule has 1 heterocycles. The highest BCUT2D eigenvalue weighted by molar-refractivity contribution is 6.01. The SMILES string of the molecule is CC(C)(O)C#CC(O)(CC1(c2cc(C(F)(F)F)ccc2F)CC1)C(=O)Nc1ccc2c(c1)COC2=O. The number of carbonyl (C=O) groups is 2. The molecule has 1 aliphatic heterocycles. The molecular weight excluding hydrogens is 482 g/mol. The lowest BCUT2D eigenvalue weighted by molar-refractivity contribution is -0.137. The molecule has 2 aromatic carbocycles. The average Bonchev–Trinajstić information content (AvgIpc) is 3.45. The van der Waals surface area contributed by atoms with Crippen molar-refractivity contribution in [1.82, 2.24) is 0 Å². The summed E-state index contributed by atoms with van der Waals surface area (Å²) >= 11 is 0. The van der Waals surface area contributed by atoms with Crippen molar-refractivity contribution < 1.29 is 42.1 Å². The maximum absolute atomic E-state index is 14.7. The summed E-state index contributed by atoms with van der Waals surface area (Å²) in [6.07, 6.45) is -4.75. The minimum Gasteiger partial charge on any atom is -0.457 e. The smallest absolute Gasteiger partial charge is 0.416 e. The fourth-order valence-electron chi connectivity index (χ4n) is 4.17. The number of carbonyl (C=O) groups excluding carboxylic acids is 2. The second-order valence-corrected chi connectivity index (χ2v) is 9.72. The van der Waals surface area contributed by atoms with Crippen molar-refractivity contribution in [3.63, 3.8) is 0 Å². The highest BCUT2D eigenvalue weighted by Gasteiger charge is 2.54. The van der Waals surface area contributed by atoms with E-state index in [0.29, 0.717) is 29.3 Å². The molecule has 10 heteroatoms. The van der Waals surface area contributed by atoms with Crippen LogP contribution in [-0.4, -0.2) is 33.3 Å². The zero-order valence-electron chi connectivity index (χ0n) is 19.4. The maximum Gasteiger partial charge on any atom is 0.416 e. The van der Waals surface area contributed by atoms with Crippen molar-refractivity contribution >= 4 is 17.6 Å². The van der Waals surface area contributed by atoms with E-state index in [1.807, 2.05) is 0 Å². The molecule has 1 atom stereocenters. The number of amides is 1. The summed E-state index contributed by atoms with van der Waals surface area (Å²) in [4.78, 5) is 24.9. The van der Waals surface area contributed by atoms with Crippen molar-refractivity contribution in [2.24, 2.45) is 0 Å². The zero-order chi connectivity index (χ0) is 26.5. The third-order valence-corrected chi connectivity index (χ3v) is 6.21. The number of rotatable bonds is 5. The van der Waals surface area contributed by atoms with Crippen molar-refractivity contribution in [2.75, 3.05) is 5.32 Å². The number of aliphatic hydroxyl groups is 2. The molecule has 190 valence electrons. The highest BCUT2D eigenvalue weighted by atomic mass is 19.4. The molecule has 6 nitrogen and oxygen atoms in total. The van der Waals surface area contributed by atoms with Crippen molar-refractivity contribution in [3.8, 4) is 11.8 Å². The lowest BCUT2D eigenvalue weighted by atomic mass is 9.81. The molecule has 1 aliphatic carbocycles. The summed E-state index contributed by atoms with van der Waals surface area (Å²) in [7, 11) is 0. The van der Waals surface area contributed by atoms with Gasteiger partial charge in [0.1, 0.15) is 18.0 Å². The van der Waals surface area contributed by atoms with Crippen LogP contribution in [0.3, 0.4) is 0 Å². The molecule has 0 spiro atoms. The Balaban J connectivity index is 1.68. The van der Waals surface area contributed by atoms with Crippen molar-refractivity contribution in [3.05, 3.63) is 64.5 Å². The van der Waals surface area contributed by atoms with Crippen molar-refractivity contribution in [1.29, 1.82) is 0 Å². The van der Waals surface area contributed by atoms with E-state index in [4.69, 9.17) is 4.74 Å². The van der Waals surface area contributed by atoms with Crippen LogP contribution in [-0.2, 0) is 27.7 Å². The molecule has 1 saturated carbocycles. The fraction of sp³-hybridized carbons (Fsp3) is 0.385. The molecule has 3 N–H and O–H groups in total. The first-order chi connectivity index (χ1) is 16.6. The molecule has 4 rings (SSSR count). The Labute approximate surface area is 204 Å². The summed E-state index contributed by atoms with van der Waals surface area (Å²) in [5, 5.41) is 23.9. The first kappa shape index (κ1) is 25.7. The lowest BCUT2D eigenvalue weighted by Crippen LogP contribution is -2.45. The topological polar surface area (TPSA) is 95.9 Å². The molecule has 2 aliphatic rings. The normalized spacial score (nSPS) is 17.8. The van der Waals surface area contributed by atoms with E-state index >= 15 is 0 Å². The van der Waals surface area contributed by atoms with Gasteiger partial charge in [-0.2, -0.15) is 13.2 Å². The molecule has 36 heavy (non-hydrogen) atoms. The van der Waals surface area contributed by atoms with E-state index in [0.717, 1.165) is 0 Å². The Bertz CT molecular complexity index is 1300. The van der Waals surface area contributed by atoms with Gasteiger partial charge in [-0.1, -0.05) is 11.8 Å².